The number of hydrogen-bond acceptors (Lipinski definition) is 5. The minimum absolute atomic E-state index is 0.0403. The van der Waals surface area contributed by atoms with Gasteiger partial charge >= 0.3 is 0 Å². The maximum atomic E-state index is 13.4. The fourth-order valence-corrected chi connectivity index (χ4v) is 4.15. The van der Waals surface area contributed by atoms with Crippen LogP contribution in [0.2, 0.25) is 0 Å². The van der Waals surface area contributed by atoms with Gasteiger partial charge in [-0.1, -0.05) is 38.8 Å². The van der Waals surface area contributed by atoms with Crippen molar-refractivity contribution in [1.29, 1.82) is 0 Å². The number of nitrogens with one attached hydrogen (secondary N) is 1. The largest absolute Gasteiger partial charge is 0.497 e. The second-order valence-corrected chi connectivity index (χ2v) is 8.15. The first kappa shape index (κ1) is 20.4. The van der Waals surface area contributed by atoms with Crippen molar-refractivity contribution in [3.05, 3.63) is 41.6 Å². The number of amides is 1. The Morgan fingerprint density at radius 2 is 1.89 bits per heavy atom. The SMILES string of the molecule is COc1ccc(C(C(=O)NC(CC(C)C)c2nnc(C)o2)C2CCCC2)cc1. The standard InChI is InChI=1S/C22H31N3O3/c1-14(2)13-19(22-25-24-15(3)28-22)23-21(26)20(16-7-5-6-8-16)17-9-11-18(27-4)12-10-17/h9-12,14,16,19-20H,5-8,13H2,1-4H3,(H,23,26). The molecule has 1 aromatic carbocycles. The molecule has 1 heterocycles. The van der Waals surface area contributed by atoms with Crippen LogP contribution >= 0.6 is 0 Å². The minimum Gasteiger partial charge on any atom is -0.497 e. The Morgan fingerprint density at radius 3 is 2.43 bits per heavy atom. The molecule has 2 aromatic rings. The van der Waals surface area contributed by atoms with Crippen molar-refractivity contribution in [1.82, 2.24) is 15.5 Å². The van der Waals surface area contributed by atoms with Crippen LogP contribution in [0.4, 0.5) is 0 Å². The summed E-state index contributed by atoms with van der Waals surface area (Å²) >= 11 is 0. The molecular formula is C22H31N3O3. The van der Waals surface area contributed by atoms with E-state index in [-0.39, 0.29) is 17.9 Å². The van der Waals surface area contributed by atoms with Gasteiger partial charge in [-0.15, -0.1) is 10.2 Å². The molecule has 0 aliphatic heterocycles. The first-order valence-electron chi connectivity index (χ1n) is 10.2. The van der Waals surface area contributed by atoms with Crippen LogP contribution in [0, 0.1) is 18.8 Å². The summed E-state index contributed by atoms with van der Waals surface area (Å²) in [5.74, 6) is 2.42. The van der Waals surface area contributed by atoms with Gasteiger partial charge in [-0.2, -0.15) is 0 Å². The summed E-state index contributed by atoms with van der Waals surface area (Å²) in [6, 6.07) is 7.61. The molecule has 0 saturated heterocycles. The van der Waals surface area contributed by atoms with E-state index in [1.807, 2.05) is 24.3 Å². The molecular weight excluding hydrogens is 354 g/mol. The van der Waals surface area contributed by atoms with E-state index in [1.165, 1.54) is 12.8 Å². The van der Waals surface area contributed by atoms with E-state index < -0.39 is 0 Å². The third-order valence-corrected chi connectivity index (χ3v) is 5.49. The van der Waals surface area contributed by atoms with Crippen molar-refractivity contribution >= 4 is 5.91 Å². The normalized spacial score (nSPS) is 16.9. The highest BCUT2D eigenvalue weighted by Crippen LogP contribution is 2.38. The van der Waals surface area contributed by atoms with Gasteiger partial charge in [-0.25, -0.2) is 0 Å². The van der Waals surface area contributed by atoms with Gasteiger partial charge in [0.15, 0.2) is 0 Å². The quantitative estimate of drug-likeness (QED) is 0.720. The lowest BCUT2D eigenvalue weighted by Crippen LogP contribution is -2.36. The Hall–Kier alpha value is -2.37. The molecule has 1 amide bonds. The zero-order chi connectivity index (χ0) is 20.1. The Balaban J connectivity index is 1.84. The number of benzene rings is 1. The van der Waals surface area contributed by atoms with Crippen molar-refractivity contribution in [3.63, 3.8) is 0 Å². The number of nitrogens with zero attached hydrogens (tertiary/aromatic N) is 2. The summed E-state index contributed by atoms with van der Waals surface area (Å²) in [4.78, 5) is 13.4. The van der Waals surface area contributed by atoms with Crippen molar-refractivity contribution in [3.8, 4) is 5.75 Å². The number of methoxy groups -OCH3 is 1. The molecule has 1 fully saturated rings. The third kappa shape index (κ3) is 4.91. The van der Waals surface area contributed by atoms with Crippen LogP contribution in [0.5, 0.6) is 5.75 Å². The van der Waals surface area contributed by atoms with Crippen molar-refractivity contribution in [2.24, 2.45) is 11.8 Å². The fraction of sp³-hybridized carbons (Fsp3) is 0.591. The first-order chi connectivity index (χ1) is 13.5. The molecule has 6 heteroatoms. The maximum Gasteiger partial charge on any atom is 0.238 e. The van der Waals surface area contributed by atoms with Crippen LogP contribution in [0.25, 0.3) is 0 Å². The molecule has 1 aliphatic rings. The van der Waals surface area contributed by atoms with Crippen LogP contribution in [-0.2, 0) is 4.79 Å². The summed E-state index contributed by atoms with van der Waals surface area (Å²) in [5, 5.41) is 11.3. The lowest BCUT2D eigenvalue weighted by molar-refractivity contribution is -0.124. The number of carbonyl (C=O) groups excluding carboxylic acids is 1. The maximum absolute atomic E-state index is 13.4. The molecule has 0 bridgehead atoms. The zero-order valence-corrected chi connectivity index (χ0v) is 17.3. The predicted molar refractivity (Wildman–Crippen MR) is 107 cm³/mol. The van der Waals surface area contributed by atoms with E-state index in [0.29, 0.717) is 23.6 Å². The molecule has 2 unspecified atom stereocenters. The Labute approximate surface area is 167 Å². The van der Waals surface area contributed by atoms with Gasteiger partial charge in [0.05, 0.1) is 13.0 Å². The number of aromatic nitrogens is 2. The molecule has 0 radical (unpaired) electrons. The smallest absolute Gasteiger partial charge is 0.238 e. The first-order valence-corrected chi connectivity index (χ1v) is 10.2. The molecule has 0 spiro atoms. The Kier molecular flexibility index (Phi) is 6.70. The lowest BCUT2D eigenvalue weighted by atomic mass is 9.83. The second kappa shape index (κ2) is 9.22. The highest BCUT2D eigenvalue weighted by Gasteiger charge is 2.34. The monoisotopic (exact) mass is 385 g/mol. The average molecular weight is 386 g/mol. The van der Waals surface area contributed by atoms with Crippen molar-refractivity contribution in [2.75, 3.05) is 7.11 Å². The van der Waals surface area contributed by atoms with E-state index >= 15 is 0 Å². The van der Waals surface area contributed by atoms with E-state index in [4.69, 9.17) is 9.15 Å². The summed E-state index contributed by atoms with van der Waals surface area (Å²) in [6.07, 6.45) is 5.29. The van der Waals surface area contributed by atoms with Gasteiger partial charge in [0.2, 0.25) is 17.7 Å². The molecule has 3 rings (SSSR count). The zero-order valence-electron chi connectivity index (χ0n) is 17.3. The van der Waals surface area contributed by atoms with Crippen LogP contribution in [0.3, 0.4) is 0 Å². The summed E-state index contributed by atoms with van der Waals surface area (Å²) in [5.41, 5.74) is 1.04. The Bertz CT molecular complexity index is 764. The number of hydrogen-bond donors (Lipinski definition) is 1. The lowest BCUT2D eigenvalue weighted by Gasteiger charge is -2.26. The number of aryl methyl sites for hydroxylation is 1. The van der Waals surface area contributed by atoms with Crippen molar-refractivity contribution in [2.45, 2.75) is 64.8 Å². The molecule has 6 nitrogen and oxygen atoms in total. The molecule has 1 aliphatic carbocycles. The van der Waals surface area contributed by atoms with Gasteiger partial charge < -0.3 is 14.5 Å². The summed E-state index contributed by atoms with van der Waals surface area (Å²) in [6.45, 7) is 6.02. The molecule has 1 aromatic heterocycles. The number of rotatable bonds is 8. The summed E-state index contributed by atoms with van der Waals surface area (Å²) in [7, 11) is 1.65. The van der Waals surface area contributed by atoms with E-state index in [0.717, 1.165) is 30.6 Å². The van der Waals surface area contributed by atoms with Gasteiger partial charge in [0.25, 0.3) is 0 Å². The van der Waals surface area contributed by atoms with Crippen LogP contribution in [-0.4, -0.2) is 23.2 Å². The second-order valence-electron chi connectivity index (χ2n) is 8.15. The fourth-order valence-electron chi connectivity index (χ4n) is 4.15. The van der Waals surface area contributed by atoms with Crippen LogP contribution < -0.4 is 10.1 Å². The highest BCUT2D eigenvalue weighted by atomic mass is 16.5. The van der Waals surface area contributed by atoms with Gasteiger partial charge in [-0.3, -0.25) is 4.79 Å². The van der Waals surface area contributed by atoms with Gasteiger partial charge in [0.1, 0.15) is 11.8 Å². The van der Waals surface area contributed by atoms with E-state index in [9.17, 15) is 4.79 Å². The van der Waals surface area contributed by atoms with Crippen LogP contribution in [0.15, 0.2) is 28.7 Å². The van der Waals surface area contributed by atoms with Crippen molar-refractivity contribution < 1.29 is 13.9 Å². The Morgan fingerprint density at radius 1 is 1.21 bits per heavy atom. The van der Waals surface area contributed by atoms with E-state index in [1.54, 1.807) is 14.0 Å². The average Bonchev–Trinajstić information content (AvgIpc) is 3.34. The molecule has 152 valence electrons. The van der Waals surface area contributed by atoms with Crippen LogP contribution in [0.1, 0.15) is 75.3 Å². The topological polar surface area (TPSA) is 77.2 Å². The molecule has 1 N–H and O–H groups in total. The molecule has 2 atom stereocenters. The number of ether oxygens (including phenoxy) is 1. The molecule has 1 saturated carbocycles. The molecule has 28 heavy (non-hydrogen) atoms. The number of carbonyl (C=O) groups is 1. The van der Waals surface area contributed by atoms with Gasteiger partial charge in [-0.05, 0) is 48.8 Å². The third-order valence-electron chi connectivity index (χ3n) is 5.49. The minimum atomic E-state index is -0.268. The van der Waals surface area contributed by atoms with Gasteiger partial charge in [0, 0.05) is 6.92 Å². The summed E-state index contributed by atoms with van der Waals surface area (Å²) < 4.78 is 10.9. The predicted octanol–water partition coefficient (Wildman–Crippen LogP) is 4.56. The van der Waals surface area contributed by atoms with E-state index in [2.05, 4.69) is 29.4 Å². The highest BCUT2D eigenvalue weighted by molar-refractivity contribution is 5.84.